The Kier molecular flexibility index (Phi) is 22.5. The normalized spacial score (nSPS) is 19.6. The fraction of sp³-hybridized carbons (Fsp3) is 0.649. The average Bonchev–Trinajstić information content (AvgIpc) is 3.24. The first-order valence-electron chi connectivity index (χ1n) is 20.7. The Labute approximate surface area is 382 Å². The fourth-order valence-corrected chi connectivity index (χ4v) is 8.04. The summed E-state index contributed by atoms with van der Waals surface area (Å²) in [6.45, 7) is 2.12. The standard InChI is InChI=1S/C37H62N14O14S/c1-17(38)27(56)46-14-24(54)19(6-4-11-44-35(40)41)29(58)48-18(2)28(57)49-22(8-5-12-45-36(42)43)23(53)10-13-65-32(63)20-15-66-34-37(47-16-52,33(64)51(34)26(20)31(61)62)50-25(55)9-3-7-21(39)30(59)60/h16-19,21-24,34,53-54H,3-15,38-39H2,1-2H3,(H,46,56)(H,47,52)(H,48,58)(H,49,57)(H,50,55)(H,59,60)(H,61,62)(H4,40,41,44)(H4,42,43,45)/t17?,18?,19?,21?,22?,23?,24?,34-,37-/m1/s1. The highest BCUT2D eigenvalue weighted by molar-refractivity contribution is 8.00. The summed E-state index contributed by atoms with van der Waals surface area (Å²) >= 11 is 0.825. The minimum atomic E-state index is -2.10. The van der Waals surface area contributed by atoms with Crippen molar-refractivity contribution < 1.29 is 68.3 Å². The van der Waals surface area contributed by atoms with Crippen molar-refractivity contribution >= 4 is 77.5 Å². The van der Waals surface area contributed by atoms with Crippen LogP contribution in [0.2, 0.25) is 0 Å². The molecule has 21 N–H and O–H groups in total. The lowest BCUT2D eigenvalue weighted by Gasteiger charge is -2.56. The second kappa shape index (κ2) is 26.6. The number of aliphatic hydroxyl groups is 2. The molecule has 66 heavy (non-hydrogen) atoms. The molecule has 0 aromatic carbocycles. The van der Waals surface area contributed by atoms with Gasteiger partial charge in [-0.15, -0.1) is 11.8 Å². The lowest BCUT2D eigenvalue weighted by atomic mass is 9.94. The number of guanidine groups is 2. The molecule has 2 rings (SSSR count). The highest BCUT2D eigenvalue weighted by Gasteiger charge is 2.66. The lowest BCUT2D eigenvalue weighted by molar-refractivity contribution is -0.163. The summed E-state index contributed by atoms with van der Waals surface area (Å²) in [5.74, 6) is -10.0. The number of carbonyl (C=O) groups is 9. The Hall–Kier alpha value is -6.30. The van der Waals surface area contributed by atoms with E-state index < -0.39 is 119 Å². The monoisotopic (exact) mass is 958 g/mol. The fourth-order valence-electron chi connectivity index (χ4n) is 6.64. The number of β-lactam (4-membered cyclic amide) rings is 1. The van der Waals surface area contributed by atoms with Gasteiger partial charge in [0, 0.05) is 38.2 Å². The molecule has 2 aliphatic heterocycles. The zero-order valence-electron chi connectivity index (χ0n) is 36.5. The highest BCUT2D eigenvalue weighted by Crippen LogP contribution is 2.45. The van der Waals surface area contributed by atoms with Crippen LogP contribution in [0.25, 0.3) is 0 Å². The number of carbonyl (C=O) groups excluding carboxylic acids is 7. The van der Waals surface area contributed by atoms with Crippen LogP contribution in [-0.4, -0.2) is 171 Å². The van der Waals surface area contributed by atoms with Gasteiger partial charge in [-0.3, -0.25) is 48.4 Å². The van der Waals surface area contributed by atoms with Crippen LogP contribution in [0.15, 0.2) is 21.3 Å². The topological polar surface area (TPSA) is 488 Å². The third-order valence-corrected chi connectivity index (χ3v) is 11.5. The molecule has 1 fully saturated rings. The zero-order chi connectivity index (χ0) is 49.9. The third kappa shape index (κ3) is 16.3. The number of esters is 1. The molecule has 6 amide bonds. The SMILES string of the molecule is CC(N)C(=O)NCC(O)C(CCCN=C(N)N)C(=O)NC(C)C(=O)NC(CCCN=C(N)N)C(O)CCOC(=O)C1=C(C(=O)O)N2C(=O)[C@@](NC=O)(NC(=O)CCCC(N)C(=O)O)[C@H]2SC1. The molecule has 0 aromatic rings. The van der Waals surface area contributed by atoms with E-state index in [1.54, 1.807) is 0 Å². The number of amides is 6. The van der Waals surface area contributed by atoms with Crippen molar-refractivity contribution in [1.29, 1.82) is 0 Å². The number of thioether (sulfide) groups is 1. The van der Waals surface area contributed by atoms with Gasteiger partial charge in [0.15, 0.2) is 11.9 Å². The number of hydrogen-bond acceptors (Lipinski definition) is 17. The quantitative estimate of drug-likeness (QED) is 0.00605. The molecule has 1 saturated heterocycles. The van der Waals surface area contributed by atoms with Gasteiger partial charge in [0.05, 0.1) is 42.4 Å². The van der Waals surface area contributed by atoms with Crippen molar-refractivity contribution in [3.05, 3.63) is 11.3 Å². The van der Waals surface area contributed by atoms with Crippen molar-refractivity contribution in [2.24, 2.45) is 50.3 Å². The minimum absolute atomic E-state index is 0.00994. The van der Waals surface area contributed by atoms with E-state index in [1.807, 2.05) is 0 Å². The van der Waals surface area contributed by atoms with Crippen LogP contribution in [0.1, 0.15) is 65.2 Å². The number of rotatable bonds is 30. The molecular weight excluding hydrogens is 897 g/mol. The van der Waals surface area contributed by atoms with E-state index in [-0.39, 0.29) is 95.1 Å². The summed E-state index contributed by atoms with van der Waals surface area (Å²) in [7, 11) is 0. The first-order chi connectivity index (χ1) is 31.0. The molecule has 0 saturated carbocycles. The molecule has 370 valence electrons. The number of fused-ring (bicyclic) bond motifs is 1. The number of aliphatic imine (C=N–C) groups is 2. The molecular formula is C37H62N14O14S. The lowest BCUT2D eigenvalue weighted by Crippen LogP contribution is -2.85. The molecule has 0 aromatic heterocycles. The average molecular weight is 959 g/mol. The summed E-state index contributed by atoms with van der Waals surface area (Å²) in [4.78, 5) is 122. The maximum Gasteiger partial charge on any atom is 0.353 e. The van der Waals surface area contributed by atoms with Gasteiger partial charge in [0.25, 0.3) is 5.91 Å². The van der Waals surface area contributed by atoms with Gasteiger partial charge < -0.3 is 86.1 Å². The smallest absolute Gasteiger partial charge is 0.353 e. The predicted molar refractivity (Wildman–Crippen MR) is 234 cm³/mol. The maximum atomic E-state index is 13.5. The molecule has 0 spiro atoms. The number of nitrogens with one attached hydrogen (secondary N) is 5. The van der Waals surface area contributed by atoms with Crippen LogP contribution < -0.4 is 61.0 Å². The molecule has 28 nitrogen and oxygen atoms in total. The van der Waals surface area contributed by atoms with Crippen LogP contribution in [0, 0.1) is 5.92 Å². The van der Waals surface area contributed by atoms with Crippen LogP contribution in [0.3, 0.4) is 0 Å². The number of hydrogen-bond donors (Lipinski definition) is 15. The van der Waals surface area contributed by atoms with E-state index in [0.29, 0.717) is 4.90 Å². The predicted octanol–water partition coefficient (Wildman–Crippen LogP) is -6.79. The summed E-state index contributed by atoms with van der Waals surface area (Å²) in [5.41, 5.74) is 29.3. The summed E-state index contributed by atoms with van der Waals surface area (Å²) in [6, 6.07) is -4.43. The Balaban J connectivity index is 2.17. The van der Waals surface area contributed by atoms with E-state index in [4.69, 9.17) is 44.2 Å². The Morgan fingerprint density at radius 3 is 2.06 bits per heavy atom. The molecule has 29 heteroatoms. The van der Waals surface area contributed by atoms with Gasteiger partial charge in [-0.05, 0) is 52.4 Å². The Bertz CT molecular complexity index is 1880. The molecule has 0 radical (unpaired) electrons. The largest absolute Gasteiger partial charge is 0.480 e. The summed E-state index contributed by atoms with van der Waals surface area (Å²) in [5, 5.41) is 52.1. The van der Waals surface area contributed by atoms with Gasteiger partial charge in [0.1, 0.15) is 23.2 Å². The first kappa shape index (κ1) is 55.8. The van der Waals surface area contributed by atoms with Crippen molar-refractivity contribution in [2.75, 3.05) is 32.0 Å². The molecule has 0 aliphatic carbocycles. The van der Waals surface area contributed by atoms with E-state index in [0.717, 1.165) is 11.8 Å². The first-order valence-corrected chi connectivity index (χ1v) is 21.7. The molecule has 9 atom stereocenters. The Morgan fingerprint density at radius 1 is 0.879 bits per heavy atom. The molecule has 2 aliphatic rings. The molecule has 7 unspecified atom stereocenters. The van der Waals surface area contributed by atoms with Crippen LogP contribution in [0.4, 0.5) is 0 Å². The number of nitrogens with zero attached hydrogens (tertiary/aromatic N) is 3. The van der Waals surface area contributed by atoms with Crippen molar-refractivity contribution in [1.82, 2.24) is 31.5 Å². The number of carboxylic acid groups (broad SMARTS) is 2. The third-order valence-electron chi connectivity index (χ3n) is 10.2. The summed E-state index contributed by atoms with van der Waals surface area (Å²) in [6.07, 6.45) is -2.80. The van der Waals surface area contributed by atoms with Crippen LogP contribution in [0.5, 0.6) is 0 Å². The van der Waals surface area contributed by atoms with Crippen molar-refractivity contribution in [3.8, 4) is 0 Å². The van der Waals surface area contributed by atoms with Gasteiger partial charge in [-0.1, -0.05) is 0 Å². The van der Waals surface area contributed by atoms with Crippen LogP contribution >= 0.6 is 11.8 Å². The van der Waals surface area contributed by atoms with Crippen LogP contribution in [-0.2, 0) is 47.9 Å². The van der Waals surface area contributed by atoms with E-state index in [1.165, 1.54) is 13.8 Å². The van der Waals surface area contributed by atoms with E-state index in [9.17, 15) is 58.5 Å². The van der Waals surface area contributed by atoms with Gasteiger partial charge in [-0.25, -0.2) is 9.59 Å². The molecule has 2 heterocycles. The maximum absolute atomic E-state index is 13.5. The summed E-state index contributed by atoms with van der Waals surface area (Å²) < 4.78 is 5.31. The number of nitrogens with two attached hydrogens (primary N) is 6. The Morgan fingerprint density at radius 2 is 1.50 bits per heavy atom. The minimum Gasteiger partial charge on any atom is -0.480 e. The van der Waals surface area contributed by atoms with Crippen molar-refractivity contribution in [2.45, 2.75) is 113 Å². The number of ether oxygens (including phenoxy) is 1. The number of aliphatic carboxylic acids is 2. The molecule has 0 bridgehead atoms. The van der Waals surface area contributed by atoms with Crippen molar-refractivity contribution in [3.63, 3.8) is 0 Å². The zero-order valence-corrected chi connectivity index (χ0v) is 37.3. The number of aliphatic hydroxyl groups excluding tert-OH is 2. The second-order valence-corrected chi connectivity index (χ2v) is 16.4. The van der Waals surface area contributed by atoms with E-state index >= 15 is 0 Å². The highest BCUT2D eigenvalue weighted by atomic mass is 32.2. The van der Waals surface area contributed by atoms with Gasteiger partial charge in [-0.2, -0.15) is 0 Å². The second-order valence-electron chi connectivity index (χ2n) is 15.4. The van der Waals surface area contributed by atoms with Gasteiger partial charge in [0.2, 0.25) is 35.7 Å². The number of carboxylic acids is 2. The van der Waals surface area contributed by atoms with E-state index in [2.05, 4.69) is 36.6 Å². The van der Waals surface area contributed by atoms with Gasteiger partial charge >= 0.3 is 17.9 Å².